The quantitative estimate of drug-likeness (QED) is 0.858. The second-order valence-electron chi connectivity index (χ2n) is 3.61. The third-order valence-corrected chi connectivity index (χ3v) is 3.46. The summed E-state index contributed by atoms with van der Waals surface area (Å²) in [6.45, 7) is 1.75. The third-order valence-electron chi connectivity index (χ3n) is 2.36. The molecule has 2 nitrogen and oxygen atoms in total. The van der Waals surface area contributed by atoms with E-state index in [1.807, 2.05) is 29.6 Å². The lowest BCUT2D eigenvalue weighted by Gasteiger charge is -1.99. The van der Waals surface area contributed by atoms with Crippen molar-refractivity contribution in [3.63, 3.8) is 0 Å². The zero-order chi connectivity index (χ0) is 11.5. The molecule has 0 aliphatic carbocycles. The third kappa shape index (κ3) is 2.13. The molecule has 0 fully saturated rings. The maximum atomic E-state index is 9.44. The van der Waals surface area contributed by atoms with Gasteiger partial charge in [0.25, 0.3) is 0 Å². The van der Waals surface area contributed by atoms with Gasteiger partial charge in [-0.15, -0.1) is 11.3 Å². The fourth-order valence-corrected chi connectivity index (χ4v) is 2.35. The van der Waals surface area contributed by atoms with Crippen molar-refractivity contribution in [2.45, 2.75) is 13.0 Å². The number of hydrogen-bond donors (Lipinski definition) is 1. The number of aliphatic hydroxyl groups is 1. The first-order valence-electron chi connectivity index (χ1n) is 4.98. The number of nitriles is 1. The van der Waals surface area contributed by atoms with Crippen LogP contribution in [0, 0.1) is 11.3 Å². The second-order valence-corrected chi connectivity index (χ2v) is 4.55. The molecule has 1 N–H and O–H groups in total. The molecule has 1 atom stereocenters. The van der Waals surface area contributed by atoms with Gasteiger partial charge in [-0.3, -0.25) is 0 Å². The molecule has 16 heavy (non-hydrogen) atoms. The summed E-state index contributed by atoms with van der Waals surface area (Å²) in [5, 5.41) is 20.3. The first-order chi connectivity index (χ1) is 7.70. The molecule has 0 aliphatic rings. The van der Waals surface area contributed by atoms with Gasteiger partial charge in [-0.1, -0.05) is 12.1 Å². The van der Waals surface area contributed by atoms with E-state index in [2.05, 4.69) is 6.07 Å². The highest BCUT2D eigenvalue weighted by atomic mass is 32.1. The van der Waals surface area contributed by atoms with E-state index in [0.717, 1.165) is 16.0 Å². The van der Waals surface area contributed by atoms with Crippen LogP contribution in [0.2, 0.25) is 0 Å². The van der Waals surface area contributed by atoms with Crippen molar-refractivity contribution in [2.24, 2.45) is 0 Å². The van der Waals surface area contributed by atoms with Gasteiger partial charge < -0.3 is 5.11 Å². The number of nitrogens with zero attached hydrogens (tertiary/aromatic N) is 1. The first kappa shape index (κ1) is 10.9. The highest BCUT2D eigenvalue weighted by molar-refractivity contribution is 7.10. The molecule has 0 bridgehead atoms. The molecule has 0 spiro atoms. The molecule has 1 aromatic carbocycles. The van der Waals surface area contributed by atoms with Gasteiger partial charge in [0, 0.05) is 4.88 Å². The summed E-state index contributed by atoms with van der Waals surface area (Å²) < 4.78 is 0. The minimum atomic E-state index is -0.433. The molecular weight excluding hydrogens is 218 g/mol. The zero-order valence-electron chi connectivity index (χ0n) is 8.84. The van der Waals surface area contributed by atoms with Crippen molar-refractivity contribution in [3.8, 4) is 17.2 Å². The zero-order valence-corrected chi connectivity index (χ0v) is 9.66. The normalized spacial score (nSPS) is 12.1. The lowest BCUT2D eigenvalue weighted by molar-refractivity contribution is 0.203. The van der Waals surface area contributed by atoms with Crippen molar-refractivity contribution in [2.75, 3.05) is 0 Å². The Bertz CT molecular complexity index is 537. The van der Waals surface area contributed by atoms with E-state index in [0.29, 0.717) is 5.56 Å². The molecular formula is C13H11NOS. The average Bonchev–Trinajstić information content (AvgIpc) is 2.78. The van der Waals surface area contributed by atoms with E-state index in [4.69, 9.17) is 5.26 Å². The number of aliphatic hydroxyl groups excluding tert-OH is 1. The predicted molar refractivity (Wildman–Crippen MR) is 65.1 cm³/mol. The van der Waals surface area contributed by atoms with Gasteiger partial charge in [0.2, 0.25) is 0 Å². The highest BCUT2D eigenvalue weighted by Gasteiger charge is 2.06. The average molecular weight is 229 g/mol. The van der Waals surface area contributed by atoms with Crippen LogP contribution in [0.4, 0.5) is 0 Å². The van der Waals surface area contributed by atoms with Crippen molar-refractivity contribution in [1.82, 2.24) is 0 Å². The minimum Gasteiger partial charge on any atom is -0.388 e. The Morgan fingerprint density at radius 1 is 1.31 bits per heavy atom. The Morgan fingerprint density at radius 2 is 2.12 bits per heavy atom. The highest BCUT2D eigenvalue weighted by Crippen LogP contribution is 2.29. The van der Waals surface area contributed by atoms with E-state index < -0.39 is 6.10 Å². The summed E-state index contributed by atoms with van der Waals surface area (Å²) in [6.07, 6.45) is -0.433. The molecule has 0 saturated heterocycles. The molecule has 80 valence electrons. The largest absolute Gasteiger partial charge is 0.388 e. The summed E-state index contributed by atoms with van der Waals surface area (Å²) in [5.74, 6) is 0. The lowest BCUT2D eigenvalue weighted by Crippen LogP contribution is -1.84. The predicted octanol–water partition coefficient (Wildman–Crippen LogP) is 3.34. The van der Waals surface area contributed by atoms with E-state index in [1.54, 1.807) is 13.0 Å². The van der Waals surface area contributed by atoms with E-state index in [1.165, 1.54) is 11.3 Å². The summed E-state index contributed by atoms with van der Waals surface area (Å²) >= 11 is 1.53. The van der Waals surface area contributed by atoms with Gasteiger partial charge in [0.15, 0.2) is 0 Å². The standard InChI is InChI=1S/C13H11NOS/c1-9(15)13-6-12(8-16-13)11-4-2-3-10(5-11)7-14/h2-6,8-9,15H,1H3. The summed E-state index contributed by atoms with van der Waals surface area (Å²) in [7, 11) is 0. The Labute approximate surface area is 98.4 Å². The van der Waals surface area contributed by atoms with Gasteiger partial charge in [0.1, 0.15) is 0 Å². The number of hydrogen-bond acceptors (Lipinski definition) is 3. The maximum Gasteiger partial charge on any atom is 0.0991 e. The van der Waals surface area contributed by atoms with Gasteiger partial charge in [-0.05, 0) is 41.6 Å². The van der Waals surface area contributed by atoms with Gasteiger partial charge in [-0.25, -0.2) is 0 Å². The van der Waals surface area contributed by atoms with E-state index >= 15 is 0 Å². The van der Waals surface area contributed by atoms with Crippen LogP contribution in [0.5, 0.6) is 0 Å². The van der Waals surface area contributed by atoms with Crippen molar-refractivity contribution >= 4 is 11.3 Å². The molecule has 1 aromatic heterocycles. The molecule has 3 heteroatoms. The monoisotopic (exact) mass is 229 g/mol. The Morgan fingerprint density at radius 3 is 2.75 bits per heavy atom. The molecule has 2 rings (SSSR count). The number of benzene rings is 1. The van der Waals surface area contributed by atoms with E-state index in [-0.39, 0.29) is 0 Å². The molecule has 0 amide bonds. The maximum absolute atomic E-state index is 9.44. The van der Waals surface area contributed by atoms with Gasteiger partial charge in [-0.2, -0.15) is 5.26 Å². The van der Waals surface area contributed by atoms with Crippen molar-refractivity contribution < 1.29 is 5.11 Å². The van der Waals surface area contributed by atoms with Gasteiger partial charge >= 0.3 is 0 Å². The first-order valence-corrected chi connectivity index (χ1v) is 5.85. The molecule has 1 heterocycles. The minimum absolute atomic E-state index is 0.433. The van der Waals surface area contributed by atoms with Gasteiger partial charge in [0.05, 0.1) is 17.7 Å². The smallest absolute Gasteiger partial charge is 0.0991 e. The van der Waals surface area contributed by atoms with Crippen LogP contribution in [-0.2, 0) is 0 Å². The molecule has 0 saturated carbocycles. The van der Waals surface area contributed by atoms with Crippen molar-refractivity contribution in [3.05, 3.63) is 46.2 Å². The number of rotatable bonds is 2. The number of thiophene rings is 1. The second kappa shape index (κ2) is 4.48. The molecule has 2 aromatic rings. The Kier molecular flexibility index (Phi) is 3.04. The van der Waals surface area contributed by atoms with Crippen LogP contribution in [0.25, 0.3) is 11.1 Å². The SMILES string of the molecule is CC(O)c1cc(-c2cccc(C#N)c2)cs1. The Balaban J connectivity index is 2.39. The van der Waals surface area contributed by atoms with Crippen LogP contribution in [0.1, 0.15) is 23.5 Å². The topological polar surface area (TPSA) is 44.0 Å². The lowest BCUT2D eigenvalue weighted by atomic mass is 10.1. The molecule has 0 radical (unpaired) electrons. The van der Waals surface area contributed by atoms with Crippen LogP contribution in [0.3, 0.4) is 0 Å². The van der Waals surface area contributed by atoms with Crippen LogP contribution in [0.15, 0.2) is 35.7 Å². The molecule has 0 aliphatic heterocycles. The summed E-state index contributed by atoms with van der Waals surface area (Å²) in [6, 6.07) is 11.6. The fourth-order valence-electron chi connectivity index (χ4n) is 1.49. The van der Waals surface area contributed by atoms with Crippen LogP contribution in [-0.4, -0.2) is 5.11 Å². The van der Waals surface area contributed by atoms with Crippen LogP contribution >= 0.6 is 11.3 Å². The molecule has 1 unspecified atom stereocenters. The Hall–Kier alpha value is -1.63. The summed E-state index contributed by atoms with van der Waals surface area (Å²) in [5.41, 5.74) is 2.72. The van der Waals surface area contributed by atoms with Crippen molar-refractivity contribution in [1.29, 1.82) is 5.26 Å². The summed E-state index contributed by atoms with van der Waals surface area (Å²) in [4.78, 5) is 0.942. The van der Waals surface area contributed by atoms with E-state index in [9.17, 15) is 5.11 Å². The van der Waals surface area contributed by atoms with Crippen LogP contribution < -0.4 is 0 Å². The fraction of sp³-hybridized carbons (Fsp3) is 0.154.